The second kappa shape index (κ2) is 5.40. The standard InChI is InChI=1S/C14H20N2O2/c1-15(2)11-8-9-16(10-11)14(17)12-6-4-5-7-13(12)18-3/h4-7,11H,8-10H2,1-3H3/t11-/m0/s1. The quantitative estimate of drug-likeness (QED) is 0.812. The van der Waals surface area contributed by atoms with Crippen molar-refractivity contribution in [3.63, 3.8) is 0 Å². The van der Waals surface area contributed by atoms with E-state index in [4.69, 9.17) is 4.74 Å². The van der Waals surface area contributed by atoms with Crippen molar-refractivity contribution >= 4 is 5.91 Å². The second-order valence-corrected chi connectivity index (χ2v) is 4.86. The molecule has 0 aromatic heterocycles. The van der Waals surface area contributed by atoms with Crippen LogP contribution >= 0.6 is 0 Å². The number of amides is 1. The minimum Gasteiger partial charge on any atom is -0.496 e. The first-order valence-electron chi connectivity index (χ1n) is 6.22. The lowest BCUT2D eigenvalue weighted by molar-refractivity contribution is 0.0779. The molecule has 1 aromatic rings. The summed E-state index contributed by atoms with van der Waals surface area (Å²) in [4.78, 5) is 16.5. The van der Waals surface area contributed by atoms with Crippen molar-refractivity contribution in [1.82, 2.24) is 9.80 Å². The van der Waals surface area contributed by atoms with Crippen LogP contribution < -0.4 is 4.74 Å². The third-order valence-corrected chi connectivity index (χ3v) is 3.52. The molecule has 1 aromatic carbocycles. The lowest BCUT2D eigenvalue weighted by Crippen LogP contribution is -2.34. The number of methoxy groups -OCH3 is 1. The fraction of sp³-hybridized carbons (Fsp3) is 0.500. The van der Waals surface area contributed by atoms with Gasteiger partial charge in [0.1, 0.15) is 5.75 Å². The maximum absolute atomic E-state index is 12.4. The van der Waals surface area contributed by atoms with Gasteiger partial charge in [-0.3, -0.25) is 4.79 Å². The number of likely N-dealkylation sites (N-methyl/N-ethyl adjacent to an activating group) is 1. The van der Waals surface area contributed by atoms with Crippen molar-refractivity contribution in [2.75, 3.05) is 34.3 Å². The molecule has 0 saturated carbocycles. The number of carbonyl (C=O) groups excluding carboxylic acids is 1. The van der Waals surface area contributed by atoms with Gasteiger partial charge in [0.15, 0.2) is 0 Å². The predicted molar refractivity (Wildman–Crippen MR) is 71.0 cm³/mol. The molecule has 1 amide bonds. The van der Waals surface area contributed by atoms with Crippen LogP contribution in [0.15, 0.2) is 24.3 Å². The van der Waals surface area contributed by atoms with Crippen LogP contribution in [0.25, 0.3) is 0 Å². The summed E-state index contributed by atoms with van der Waals surface area (Å²) in [5.74, 6) is 0.715. The third-order valence-electron chi connectivity index (χ3n) is 3.52. The van der Waals surface area contributed by atoms with Crippen molar-refractivity contribution < 1.29 is 9.53 Å². The molecular weight excluding hydrogens is 228 g/mol. The monoisotopic (exact) mass is 248 g/mol. The Kier molecular flexibility index (Phi) is 3.87. The SMILES string of the molecule is COc1ccccc1C(=O)N1CC[C@H](N(C)C)C1. The zero-order valence-corrected chi connectivity index (χ0v) is 11.2. The molecule has 18 heavy (non-hydrogen) atoms. The number of hydrogen-bond acceptors (Lipinski definition) is 3. The van der Waals surface area contributed by atoms with Gasteiger partial charge >= 0.3 is 0 Å². The smallest absolute Gasteiger partial charge is 0.257 e. The van der Waals surface area contributed by atoms with Gasteiger partial charge in [-0.05, 0) is 32.6 Å². The number of carbonyl (C=O) groups is 1. The summed E-state index contributed by atoms with van der Waals surface area (Å²) in [6.07, 6.45) is 1.04. The molecule has 2 rings (SSSR count). The molecule has 1 aliphatic rings. The largest absolute Gasteiger partial charge is 0.496 e. The summed E-state index contributed by atoms with van der Waals surface area (Å²) in [6, 6.07) is 7.86. The van der Waals surface area contributed by atoms with E-state index in [0.29, 0.717) is 17.4 Å². The summed E-state index contributed by atoms with van der Waals surface area (Å²) in [6.45, 7) is 1.61. The van der Waals surface area contributed by atoms with Crippen LogP contribution in [0.4, 0.5) is 0 Å². The topological polar surface area (TPSA) is 32.8 Å². The average molecular weight is 248 g/mol. The van der Waals surface area contributed by atoms with Crippen LogP contribution in [0.1, 0.15) is 16.8 Å². The summed E-state index contributed by atoms with van der Waals surface area (Å²) >= 11 is 0. The Bertz CT molecular complexity index is 432. The van der Waals surface area contributed by atoms with Gasteiger partial charge in [-0.25, -0.2) is 0 Å². The van der Waals surface area contributed by atoms with Gasteiger partial charge in [0, 0.05) is 19.1 Å². The van der Waals surface area contributed by atoms with E-state index in [1.807, 2.05) is 29.2 Å². The molecule has 0 radical (unpaired) electrons. The van der Waals surface area contributed by atoms with E-state index in [1.54, 1.807) is 7.11 Å². The van der Waals surface area contributed by atoms with Gasteiger partial charge < -0.3 is 14.5 Å². The number of benzene rings is 1. The van der Waals surface area contributed by atoms with Gasteiger partial charge in [0.25, 0.3) is 5.91 Å². The average Bonchev–Trinajstić information content (AvgIpc) is 2.87. The van der Waals surface area contributed by atoms with E-state index >= 15 is 0 Å². The molecule has 0 aliphatic carbocycles. The van der Waals surface area contributed by atoms with Crippen LogP contribution in [0.5, 0.6) is 5.75 Å². The fourth-order valence-electron chi connectivity index (χ4n) is 2.34. The van der Waals surface area contributed by atoms with Gasteiger partial charge in [0.2, 0.25) is 0 Å². The molecular formula is C14H20N2O2. The first-order valence-corrected chi connectivity index (χ1v) is 6.22. The molecule has 1 atom stereocenters. The zero-order valence-electron chi connectivity index (χ0n) is 11.2. The molecule has 4 heteroatoms. The predicted octanol–water partition coefficient (Wildman–Crippen LogP) is 1.47. The van der Waals surface area contributed by atoms with E-state index in [1.165, 1.54) is 0 Å². The fourth-order valence-corrected chi connectivity index (χ4v) is 2.34. The van der Waals surface area contributed by atoms with Crippen molar-refractivity contribution in [3.8, 4) is 5.75 Å². The highest BCUT2D eigenvalue weighted by Crippen LogP contribution is 2.22. The number of nitrogens with zero attached hydrogens (tertiary/aromatic N) is 2. The minimum atomic E-state index is 0.0665. The Labute approximate surface area is 108 Å². The van der Waals surface area contributed by atoms with Crippen LogP contribution in [0.3, 0.4) is 0 Å². The molecule has 0 bridgehead atoms. The first-order chi connectivity index (χ1) is 8.63. The minimum absolute atomic E-state index is 0.0665. The second-order valence-electron chi connectivity index (χ2n) is 4.86. The maximum atomic E-state index is 12.4. The number of rotatable bonds is 3. The van der Waals surface area contributed by atoms with Gasteiger partial charge in [-0.15, -0.1) is 0 Å². The normalized spacial score (nSPS) is 19.3. The van der Waals surface area contributed by atoms with Crippen LogP contribution in [0, 0.1) is 0 Å². The number of ether oxygens (including phenoxy) is 1. The van der Waals surface area contributed by atoms with Gasteiger partial charge in [0.05, 0.1) is 12.7 Å². The van der Waals surface area contributed by atoms with E-state index in [0.717, 1.165) is 19.5 Å². The lowest BCUT2D eigenvalue weighted by atomic mass is 10.2. The first kappa shape index (κ1) is 12.9. The van der Waals surface area contributed by atoms with E-state index in [-0.39, 0.29) is 5.91 Å². The molecule has 0 N–H and O–H groups in total. The molecule has 0 unspecified atom stereocenters. The van der Waals surface area contributed by atoms with Crippen molar-refractivity contribution in [2.45, 2.75) is 12.5 Å². The Hall–Kier alpha value is -1.55. The van der Waals surface area contributed by atoms with Crippen molar-refractivity contribution in [3.05, 3.63) is 29.8 Å². The molecule has 1 aliphatic heterocycles. The lowest BCUT2D eigenvalue weighted by Gasteiger charge is -2.21. The van der Waals surface area contributed by atoms with Crippen LogP contribution in [0.2, 0.25) is 0 Å². The maximum Gasteiger partial charge on any atom is 0.257 e. The number of likely N-dealkylation sites (tertiary alicyclic amines) is 1. The number of hydrogen-bond donors (Lipinski definition) is 0. The third kappa shape index (κ3) is 2.48. The molecule has 4 nitrogen and oxygen atoms in total. The molecule has 1 fully saturated rings. The van der Waals surface area contributed by atoms with E-state index in [2.05, 4.69) is 19.0 Å². The van der Waals surface area contributed by atoms with Crippen molar-refractivity contribution in [2.24, 2.45) is 0 Å². The molecule has 1 saturated heterocycles. The van der Waals surface area contributed by atoms with Gasteiger partial charge in [-0.2, -0.15) is 0 Å². The van der Waals surface area contributed by atoms with Crippen LogP contribution in [-0.4, -0.2) is 56.0 Å². The Morgan fingerprint density at radius 2 is 2.11 bits per heavy atom. The molecule has 98 valence electrons. The summed E-state index contributed by atoms with van der Waals surface area (Å²) in [5.41, 5.74) is 0.652. The van der Waals surface area contributed by atoms with Gasteiger partial charge in [-0.1, -0.05) is 12.1 Å². The van der Waals surface area contributed by atoms with Crippen LogP contribution in [-0.2, 0) is 0 Å². The summed E-state index contributed by atoms with van der Waals surface area (Å²) in [7, 11) is 5.71. The Morgan fingerprint density at radius 1 is 1.39 bits per heavy atom. The Morgan fingerprint density at radius 3 is 2.72 bits per heavy atom. The highest BCUT2D eigenvalue weighted by Gasteiger charge is 2.29. The molecule has 0 spiro atoms. The highest BCUT2D eigenvalue weighted by molar-refractivity contribution is 5.97. The Balaban J connectivity index is 2.13. The number of para-hydroxylation sites is 1. The highest BCUT2D eigenvalue weighted by atomic mass is 16.5. The zero-order chi connectivity index (χ0) is 13.1. The van der Waals surface area contributed by atoms with E-state index < -0.39 is 0 Å². The summed E-state index contributed by atoms with van der Waals surface area (Å²) in [5, 5.41) is 0. The summed E-state index contributed by atoms with van der Waals surface area (Å²) < 4.78 is 5.24. The van der Waals surface area contributed by atoms with E-state index in [9.17, 15) is 4.79 Å². The van der Waals surface area contributed by atoms with Crippen molar-refractivity contribution in [1.29, 1.82) is 0 Å². The molecule has 1 heterocycles.